The van der Waals surface area contributed by atoms with Gasteiger partial charge >= 0.3 is 5.63 Å². The number of nitrogens with one attached hydrogen (secondary N) is 2. The minimum absolute atomic E-state index is 0.123. The first-order valence-corrected chi connectivity index (χ1v) is 8.61. The lowest BCUT2D eigenvalue weighted by molar-refractivity contribution is 0.0978. The van der Waals surface area contributed by atoms with E-state index in [0.29, 0.717) is 21.9 Å². The van der Waals surface area contributed by atoms with Crippen LogP contribution < -0.4 is 16.3 Å². The molecule has 1 amide bonds. The number of halogens is 2. The number of carbonyl (C=O) groups excluding carboxylic acids is 1. The predicted octanol–water partition coefficient (Wildman–Crippen LogP) is 4.34. The summed E-state index contributed by atoms with van der Waals surface area (Å²) in [6.45, 7) is 0. The van der Waals surface area contributed by atoms with Crippen LogP contribution in [0.1, 0.15) is 10.4 Å². The molecule has 0 spiro atoms. The summed E-state index contributed by atoms with van der Waals surface area (Å²) in [7, 11) is 0. The summed E-state index contributed by atoms with van der Waals surface area (Å²) in [5.74, 6) is -0.421. The highest BCUT2D eigenvalue weighted by Crippen LogP contribution is 2.21. The molecule has 0 atom stereocenters. The van der Waals surface area contributed by atoms with Crippen LogP contribution in [-0.2, 0) is 0 Å². The molecule has 5 nitrogen and oxygen atoms in total. The smallest absolute Gasteiger partial charge is 0.336 e. The summed E-state index contributed by atoms with van der Waals surface area (Å²) in [6.07, 6.45) is 0. The van der Waals surface area contributed by atoms with Gasteiger partial charge in [-0.15, -0.1) is 0 Å². The highest BCUT2D eigenvalue weighted by Gasteiger charge is 2.12. The Labute approximate surface area is 161 Å². The van der Waals surface area contributed by atoms with Crippen LogP contribution in [0.25, 0.3) is 11.0 Å². The maximum Gasteiger partial charge on any atom is 0.336 e. The highest BCUT2D eigenvalue weighted by atomic mass is 79.9. The fourth-order valence-electron chi connectivity index (χ4n) is 2.15. The molecule has 0 aliphatic heterocycles. The van der Waals surface area contributed by atoms with Gasteiger partial charge in [0.2, 0.25) is 0 Å². The molecule has 0 saturated carbocycles. The Morgan fingerprint density at radius 1 is 1.12 bits per heavy atom. The van der Waals surface area contributed by atoms with Crippen LogP contribution in [0.2, 0.25) is 5.02 Å². The number of hydrogen-bond acceptors (Lipinski definition) is 4. The summed E-state index contributed by atoms with van der Waals surface area (Å²) < 4.78 is 5.80. The van der Waals surface area contributed by atoms with Gasteiger partial charge in [-0.2, -0.15) is 0 Å². The zero-order valence-electron chi connectivity index (χ0n) is 12.5. The second kappa shape index (κ2) is 7.35. The van der Waals surface area contributed by atoms with Crippen molar-refractivity contribution in [3.8, 4) is 0 Å². The molecule has 3 rings (SSSR count). The summed E-state index contributed by atoms with van der Waals surface area (Å²) in [5.41, 5.74) is 1.00. The van der Waals surface area contributed by atoms with Crippen LogP contribution in [0.5, 0.6) is 0 Å². The fourth-order valence-corrected chi connectivity index (χ4v) is 2.93. The lowest BCUT2D eigenvalue weighted by atomic mass is 10.2. The van der Waals surface area contributed by atoms with Gasteiger partial charge in [0, 0.05) is 21.6 Å². The third-order valence-electron chi connectivity index (χ3n) is 3.28. The number of thiocarbonyl (C=S) groups is 1. The third kappa shape index (κ3) is 4.25. The van der Waals surface area contributed by atoms with Crippen molar-refractivity contribution in [1.29, 1.82) is 0 Å². The molecular weight excluding hydrogens is 428 g/mol. The molecule has 0 bridgehead atoms. The molecule has 3 aromatic rings. The Morgan fingerprint density at radius 3 is 2.72 bits per heavy atom. The van der Waals surface area contributed by atoms with Gasteiger partial charge in [-0.1, -0.05) is 27.5 Å². The molecular formula is C17H10BrClN2O3S. The van der Waals surface area contributed by atoms with Crippen molar-refractivity contribution >= 4 is 67.4 Å². The van der Waals surface area contributed by atoms with Crippen molar-refractivity contribution < 1.29 is 9.21 Å². The summed E-state index contributed by atoms with van der Waals surface area (Å²) >= 11 is 14.5. The maximum atomic E-state index is 12.3. The topological polar surface area (TPSA) is 71.3 Å². The maximum absolute atomic E-state index is 12.3. The van der Waals surface area contributed by atoms with Crippen molar-refractivity contribution in [3.63, 3.8) is 0 Å². The summed E-state index contributed by atoms with van der Waals surface area (Å²) in [6, 6.07) is 13.0. The average Bonchev–Trinajstić information content (AvgIpc) is 2.57. The molecule has 0 saturated heterocycles. The molecule has 25 heavy (non-hydrogen) atoms. The van der Waals surface area contributed by atoms with Crippen molar-refractivity contribution in [2.24, 2.45) is 0 Å². The van der Waals surface area contributed by atoms with Gasteiger partial charge in [0.05, 0.1) is 10.6 Å². The molecule has 0 unspecified atom stereocenters. The first-order chi connectivity index (χ1) is 11.9. The zero-order chi connectivity index (χ0) is 18.0. The van der Waals surface area contributed by atoms with Crippen LogP contribution in [0.4, 0.5) is 5.69 Å². The van der Waals surface area contributed by atoms with Crippen LogP contribution >= 0.6 is 39.7 Å². The Hall–Kier alpha value is -2.22. The standard InChI is InChI=1S/C17H10BrClN2O3S/c18-10-2-4-13(19)12(8-10)16(23)21-17(25)20-11-3-5-14-9(7-11)1-6-15(22)24-14/h1-8H,(H2,20,21,23,25). The van der Waals surface area contributed by atoms with Gasteiger partial charge in [0.15, 0.2) is 5.11 Å². The normalized spacial score (nSPS) is 10.5. The van der Waals surface area contributed by atoms with Crippen molar-refractivity contribution in [1.82, 2.24) is 5.32 Å². The number of carbonyl (C=O) groups is 1. The predicted molar refractivity (Wildman–Crippen MR) is 105 cm³/mol. The monoisotopic (exact) mass is 436 g/mol. The van der Waals surface area contributed by atoms with E-state index in [-0.39, 0.29) is 5.11 Å². The van der Waals surface area contributed by atoms with E-state index in [9.17, 15) is 9.59 Å². The lowest BCUT2D eigenvalue weighted by Gasteiger charge is -2.11. The third-order valence-corrected chi connectivity index (χ3v) is 4.30. The van der Waals surface area contributed by atoms with E-state index in [1.807, 2.05) is 0 Å². The number of fused-ring (bicyclic) bond motifs is 1. The van der Waals surface area contributed by atoms with Gasteiger partial charge in [-0.25, -0.2) is 4.79 Å². The number of amides is 1. The molecule has 0 aliphatic carbocycles. The second-order valence-electron chi connectivity index (χ2n) is 5.04. The number of benzene rings is 2. The molecule has 8 heteroatoms. The molecule has 1 aromatic heterocycles. The fraction of sp³-hybridized carbons (Fsp3) is 0. The van der Waals surface area contributed by atoms with Crippen molar-refractivity contribution in [2.45, 2.75) is 0 Å². The molecule has 0 aliphatic rings. The summed E-state index contributed by atoms with van der Waals surface area (Å²) in [4.78, 5) is 23.5. The minimum Gasteiger partial charge on any atom is -0.423 e. The van der Waals surface area contributed by atoms with E-state index < -0.39 is 11.5 Å². The molecule has 1 heterocycles. The molecule has 0 radical (unpaired) electrons. The van der Waals surface area contributed by atoms with E-state index in [0.717, 1.165) is 9.86 Å². The second-order valence-corrected chi connectivity index (χ2v) is 6.77. The Morgan fingerprint density at radius 2 is 1.92 bits per heavy atom. The minimum atomic E-state index is -0.421. The van der Waals surface area contributed by atoms with Crippen LogP contribution in [-0.4, -0.2) is 11.0 Å². The van der Waals surface area contributed by atoms with E-state index in [1.54, 1.807) is 42.5 Å². The van der Waals surface area contributed by atoms with Crippen LogP contribution in [0, 0.1) is 0 Å². The number of hydrogen-bond donors (Lipinski definition) is 2. The quantitative estimate of drug-likeness (QED) is 0.461. The number of rotatable bonds is 2. The number of anilines is 1. The molecule has 2 N–H and O–H groups in total. The lowest BCUT2D eigenvalue weighted by Crippen LogP contribution is -2.34. The molecule has 0 fully saturated rings. The first-order valence-electron chi connectivity index (χ1n) is 7.04. The van der Waals surface area contributed by atoms with Crippen LogP contribution in [0.15, 0.2) is 62.2 Å². The Kier molecular flexibility index (Phi) is 5.17. The summed E-state index contributed by atoms with van der Waals surface area (Å²) in [5, 5.41) is 6.66. The Balaban J connectivity index is 1.74. The highest BCUT2D eigenvalue weighted by molar-refractivity contribution is 9.10. The average molecular weight is 438 g/mol. The van der Waals surface area contributed by atoms with Crippen LogP contribution in [0.3, 0.4) is 0 Å². The van der Waals surface area contributed by atoms with Gasteiger partial charge in [-0.3, -0.25) is 10.1 Å². The van der Waals surface area contributed by atoms with E-state index in [1.165, 1.54) is 6.07 Å². The Bertz CT molecular complexity index is 1050. The van der Waals surface area contributed by atoms with E-state index in [4.69, 9.17) is 28.2 Å². The molecule has 2 aromatic carbocycles. The van der Waals surface area contributed by atoms with E-state index in [2.05, 4.69) is 26.6 Å². The van der Waals surface area contributed by atoms with Gasteiger partial charge < -0.3 is 9.73 Å². The first kappa shape index (κ1) is 17.6. The molecule has 126 valence electrons. The SMILES string of the molecule is O=C(NC(=S)Nc1ccc2oc(=O)ccc2c1)c1cc(Br)ccc1Cl. The van der Waals surface area contributed by atoms with Gasteiger partial charge in [-0.05, 0) is 54.7 Å². The van der Waals surface area contributed by atoms with Crippen molar-refractivity contribution in [2.75, 3.05) is 5.32 Å². The van der Waals surface area contributed by atoms with E-state index >= 15 is 0 Å². The van der Waals surface area contributed by atoms with Gasteiger partial charge in [0.25, 0.3) is 5.91 Å². The van der Waals surface area contributed by atoms with Gasteiger partial charge in [0.1, 0.15) is 5.58 Å². The van der Waals surface area contributed by atoms with Crippen molar-refractivity contribution in [3.05, 3.63) is 74.0 Å². The largest absolute Gasteiger partial charge is 0.423 e. The zero-order valence-corrected chi connectivity index (χ0v) is 15.7.